The number of rotatable bonds is 3. The normalized spacial score (nSPS) is 25.8. The summed E-state index contributed by atoms with van der Waals surface area (Å²) in [5.41, 5.74) is 3.46. The predicted octanol–water partition coefficient (Wildman–Crippen LogP) is 2.34. The molecule has 0 bridgehead atoms. The molecule has 4 heteroatoms. The first-order valence-electron chi connectivity index (χ1n) is 7.89. The van der Waals surface area contributed by atoms with E-state index in [1.807, 2.05) is 6.07 Å². The highest BCUT2D eigenvalue weighted by Gasteiger charge is 2.39. The number of benzene rings is 1. The third kappa shape index (κ3) is 3.21. The van der Waals surface area contributed by atoms with Crippen LogP contribution in [0, 0.1) is 18.8 Å². The number of nitrogens with zero attached hydrogens (tertiary/aromatic N) is 2. The van der Waals surface area contributed by atoms with Gasteiger partial charge in [0.05, 0.1) is 0 Å². The van der Waals surface area contributed by atoms with E-state index >= 15 is 0 Å². The smallest absolute Gasteiger partial charge is 0.227 e. The molecule has 2 fully saturated rings. The van der Waals surface area contributed by atoms with Gasteiger partial charge in [-0.05, 0) is 50.1 Å². The van der Waals surface area contributed by atoms with Gasteiger partial charge in [0, 0.05) is 43.5 Å². The van der Waals surface area contributed by atoms with Gasteiger partial charge in [-0.1, -0.05) is 6.92 Å². The maximum absolute atomic E-state index is 12.0. The van der Waals surface area contributed by atoms with E-state index < -0.39 is 0 Å². The zero-order valence-corrected chi connectivity index (χ0v) is 13.2. The summed E-state index contributed by atoms with van der Waals surface area (Å²) in [5, 5.41) is 3.05. The topological polar surface area (TPSA) is 35.6 Å². The highest BCUT2D eigenvalue weighted by molar-refractivity contribution is 5.94. The predicted molar refractivity (Wildman–Crippen MR) is 86.8 cm³/mol. The lowest BCUT2D eigenvalue weighted by Gasteiger charge is -2.35. The lowest BCUT2D eigenvalue weighted by Crippen LogP contribution is -2.44. The first-order valence-corrected chi connectivity index (χ1v) is 7.89. The summed E-state index contributed by atoms with van der Waals surface area (Å²) >= 11 is 0. The van der Waals surface area contributed by atoms with Crippen LogP contribution in [0.5, 0.6) is 0 Å². The summed E-state index contributed by atoms with van der Waals surface area (Å²) in [7, 11) is 2.17. The van der Waals surface area contributed by atoms with Gasteiger partial charge in [-0.3, -0.25) is 4.79 Å². The van der Waals surface area contributed by atoms with Crippen molar-refractivity contribution in [1.29, 1.82) is 0 Å². The van der Waals surface area contributed by atoms with Crippen LogP contribution in [-0.4, -0.2) is 44.0 Å². The number of amides is 1. The molecule has 1 N–H and O–H groups in total. The van der Waals surface area contributed by atoms with Crippen molar-refractivity contribution in [1.82, 2.24) is 4.90 Å². The molecular weight excluding hydrogens is 262 g/mol. The minimum atomic E-state index is 0.175. The van der Waals surface area contributed by atoms with Crippen LogP contribution >= 0.6 is 0 Å². The van der Waals surface area contributed by atoms with E-state index in [-0.39, 0.29) is 11.8 Å². The summed E-state index contributed by atoms with van der Waals surface area (Å²) in [4.78, 5) is 16.8. The van der Waals surface area contributed by atoms with Gasteiger partial charge in [0.1, 0.15) is 0 Å². The lowest BCUT2D eigenvalue weighted by molar-refractivity contribution is -0.117. The highest BCUT2D eigenvalue weighted by Crippen LogP contribution is 2.38. The van der Waals surface area contributed by atoms with Gasteiger partial charge in [0.25, 0.3) is 0 Å². The van der Waals surface area contributed by atoms with Crippen molar-refractivity contribution in [2.45, 2.75) is 20.3 Å². The molecule has 0 radical (unpaired) electrons. The summed E-state index contributed by atoms with van der Waals surface area (Å²) in [6.07, 6.45) is 1.03. The molecule has 1 saturated heterocycles. The summed E-state index contributed by atoms with van der Waals surface area (Å²) in [6.45, 7) is 8.62. The minimum Gasteiger partial charge on any atom is -0.369 e. The van der Waals surface area contributed by atoms with E-state index in [1.54, 1.807) is 0 Å². The van der Waals surface area contributed by atoms with Crippen LogP contribution in [0.4, 0.5) is 11.4 Å². The monoisotopic (exact) mass is 287 g/mol. The number of aryl methyl sites for hydroxylation is 1. The molecule has 3 rings (SSSR count). The molecule has 0 spiro atoms. The molecule has 2 aliphatic rings. The van der Waals surface area contributed by atoms with Crippen LogP contribution in [0.25, 0.3) is 0 Å². The van der Waals surface area contributed by atoms with E-state index in [4.69, 9.17) is 0 Å². The van der Waals surface area contributed by atoms with Crippen LogP contribution in [0.2, 0.25) is 0 Å². The number of carbonyl (C=O) groups is 1. The fraction of sp³-hybridized carbons (Fsp3) is 0.588. The maximum Gasteiger partial charge on any atom is 0.227 e. The molecule has 0 aromatic heterocycles. The fourth-order valence-electron chi connectivity index (χ4n) is 3.06. The second kappa shape index (κ2) is 5.68. The van der Waals surface area contributed by atoms with Crippen molar-refractivity contribution in [2.75, 3.05) is 43.4 Å². The molecule has 2 atom stereocenters. The Hall–Kier alpha value is -1.55. The Bertz CT molecular complexity index is 535. The van der Waals surface area contributed by atoms with Gasteiger partial charge < -0.3 is 15.1 Å². The summed E-state index contributed by atoms with van der Waals surface area (Å²) in [5.74, 6) is 0.951. The van der Waals surface area contributed by atoms with E-state index in [2.05, 4.69) is 48.1 Å². The van der Waals surface area contributed by atoms with Crippen molar-refractivity contribution in [2.24, 2.45) is 11.8 Å². The Labute approximate surface area is 127 Å². The molecule has 1 aromatic carbocycles. The van der Waals surface area contributed by atoms with E-state index in [0.717, 1.165) is 38.3 Å². The second-order valence-corrected chi connectivity index (χ2v) is 6.60. The lowest BCUT2D eigenvalue weighted by atomic mass is 10.1. The molecule has 1 amide bonds. The zero-order valence-electron chi connectivity index (χ0n) is 13.2. The van der Waals surface area contributed by atoms with Gasteiger partial charge in [-0.2, -0.15) is 0 Å². The first kappa shape index (κ1) is 14.4. The van der Waals surface area contributed by atoms with E-state index in [9.17, 15) is 4.79 Å². The van der Waals surface area contributed by atoms with Crippen molar-refractivity contribution in [3.63, 3.8) is 0 Å². The molecule has 21 heavy (non-hydrogen) atoms. The van der Waals surface area contributed by atoms with Crippen molar-refractivity contribution < 1.29 is 4.79 Å². The number of piperazine rings is 1. The first-order chi connectivity index (χ1) is 10.0. The third-order valence-electron chi connectivity index (χ3n) is 4.75. The highest BCUT2D eigenvalue weighted by atomic mass is 16.2. The molecule has 114 valence electrons. The number of anilines is 2. The molecule has 4 nitrogen and oxygen atoms in total. The van der Waals surface area contributed by atoms with E-state index in [1.165, 1.54) is 11.3 Å². The summed E-state index contributed by atoms with van der Waals surface area (Å²) in [6, 6.07) is 6.27. The van der Waals surface area contributed by atoms with Crippen molar-refractivity contribution in [3.8, 4) is 0 Å². The largest absolute Gasteiger partial charge is 0.369 e. The maximum atomic E-state index is 12.0. The molecule has 1 aromatic rings. The van der Waals surface area contributed by atoms with Gasteiger partial charge in [0.15, 0.2) is 0 Å². The molecule has 0 unspecified atom stereocenters. The van der Waals surface area contributed by atoms with Crippen LogP contribution in [-0.2, 0) is 4.79 Å². The quantitative estimate of drug-likeness (QED) is 0.927. The van der Waals surface area contributed by atoms with Gasteiger partial charge in [-0.25, -0.2) is 0 Å². The third-order valence-corrected chi connectivity index (χ3v) is 4.75. The average molecular weight is 287 g/mol. The number of likely N-dealkylation sites (N-methyl/N-ethyl adjacent to an activating group) is 1. The Kier molecular flexibility index (Phi) is 3.89. The molecule has 1 aliphatic heterocycles. The average Bonchev–Trinajstić information content (AvgIpc) is 3.18. The number of hydrogen-bond acceptors (Lipinski definition) is 3. The number of hydrogen-bond donors (Lipinski definition) is 1. The molecule has 1 saturated carbocycles. The van der Waals surface area contributed by atoms with Crippen molar-refractivity contribution >= 4 is 17.3 Å². The molecule has 1 aliphatic carbocycles. The number of carbonyl (C=O) groups excluding carboxylic acids is 1. The van der Waals surface area contributed by atoms with Gasteiger partial charge in [0.2, 0.25) is 5.91 Å². The Morgan fingerprint density at radius 2 is 1.90 bits per heavy atom. The summed E-state index contributed by atoms with van der Waals surface area (Å²) < 4.78 is 0. The molecule has 1 heterocycles. The standard InChI is InChI=1S/C17H25N3O/c1-12-11-15(12)17(21)18-14-4-5-16(13(2)10-14)20-8-6-19(3)7-9-20/h4-5,10,12,15H,6-9,11H2,1-3H3,(H,18,21)/t12-,15-/m1/s1. The van der Waals surface area contributed by atoms with Crippen LogP contribution in [0.1, 0.15) is 18.9 Å². The minimum absolute atomic E-state index is 0.175. The Balaban J connectivity index is 1.66. The van der Waals surface area contributed by atoms with Crippen LogP contribution in [0.3, 0.4) is 0 Å². The van der Waals surface area contributed by atoms with Gasteiger partial charge >= 0.3 is 0 Å². The Morgan fingerprint density at radius 1 is 1.24 bits per heavy atom. The fourth-order valence-corrected chi connectivity index (χ4v) is 3.06. The number of nitrogens with one attached hydrogen (secondary N) is 1. The van der Waals surface area contributed by atoms with Crippen LogP contribution in [0.15, 0.2) is 18.2 Å². The van der Waals surface area contributed by atoms with E-state index in [0.29, 0.717) is 5.92 Å². The second-order valence-electron chi connectivity index (χ2n) is 6.60. The van der Waals surface area contributed by atoms with Crippen molar-refractivity contribution in [3.05, 3.63) is 23.8 Å². The zero-order chi connectivity index (χ0) is 15.0. The Morgan fingerprint density at radius 3 is 2.48 bits per heavy atom. The molecular formula is C17H25N3O. The van der Waals surface area contributed by atoms with Crippen LogP contribution < -0.4 is 10.2 Å². The van der Waals surface area contributed by atoms with Gasteiger partial charge in [-0.15, -0.1) is 0 Å². The SMILES string of the molecule is Cc1cc(NC(=O)[C@@H]2C[C@H]2C)ccc1N1CCN(C)CC1.